The van der Waals surface area contributed by atoms with Gasteiger partial charge in [-0.3, -0.25) is 5.32 Å². The van der Waals surface area contributed by atoms with E-state index in [1.807, 2.05) is 56.3 Å². The lowest BCUT2D eigenvalue weighted by Crippen LogP contribution is -2.18. The van der Waals surface area contributed by atoms with Crippen LogP contribution in [0.25, 0.3) is 0 Å². The number of para-hydroxylation sites is 2. The van der Waals surface area contributed by atoms with Crippen LogP contribution in [0.4, 0.5) is 10.5 Å². The first kappa shape index (κ1) is 17.5. The number of nitrogens with one attached hydrogen (secondary N) is 1. The van der Waals surface area contributed by atoms with Crippen molar-refractivity contribution in [3.05, 3.63) is 78.0 Å². The maximum absolute atomic E-state index is 12.3. The molecule has 1 N–H and O–H groups in total. The van der Waals surface area contributed by atoms with Gasteiger partial charge >= 0.3 is 6.09 Å². The highest BCUT2D eigenvalue weighted by atomic mass is 16.6. The Morgan fingerprint density at radius 3 is 2.23 bits per heavy atom. The van der Waals surface area contributed by atoms with Gasteiger partial charge in [-0.05, 0) is 49.2 Å². The standard InChI is InChI=1S/C21H20N2O3/c1-3-16-14-19(23-21(24)26-18-12-8-5-9-13-18)20(22-15(16)2)25-17-10-6-4-7-11-17/h4-14H,3H2,1-2H3,(H,23,24). The van der Waals surface area contributed by atoms with Crippen LogP contribution in [-0.2, 0) is 6.42 Å². The molecule has 0 atom stereocenters. The van der Waals surface area contributed by atoms with E-state index < -0.39 is 6.09 Å². The molecule has 0 unspecified atom stereocenters. The Morgan fingerprint density at radius 1 is 1.00 bits per heavy atom. The van der Waals surface area contributed by atoms with Crippen molar-refractivity contribution in [2.45, 2.75) is 20.3 Å². The zero-order chi connectivity index (χ0) is 18.4. The van der Waals surface area contributed by atoms with E-state index in [9.17, 15) is 4.79 Å². The van der Waals surface area contributed by atoms with Crippen LogP contribution in [0.15, 0.2) is 66.7 Å². The maximum Gasteiger partial charge on any atom is 0.417 e. The molecule has 5 nitrogen and oxygen atoms in total. The Hall–Kier alpha value is -3.34. The summed E-state index contributed by atoms with van der Waals surface area (Å²) in [6.45, 7) is 3.95. The number of pyridine rings is 1. The molecular formula is C21H20N2O3. The van der Waals surface area contributed by atoms with E-state index in [0.717, 1.165) is 17.7 Å². The Bertz CT molecular complexity index is 881. The predicted molar refractivity (Wildman–Crippen MR) is 101 cm³/mol. The normalized spacial score (nSPS) is 10.2. The first-order chi connectivity index (χ1) is 12.7. The quantitative estimate of drug-likeness (QED) is 0.674. The van der Waals surface area contributed by atoms with Gasteiger partial charge in [0.25, 0.3) is 0 Å². The highest BCUT2D eigenvalue weighted by molar-refractivity contribution is 5.88. The van der Waals surface area contributed by atoms with E-state index in [-0.39, 0.29) is 0 Å². The predicted octanol–water partition coefficient (Wildman–Crippen LogP) is 5.36. The number of carbonyl (C=O) groups excluding carboxylic acids is 1. The van der Waals surface area contributed by atoms with Gasteiger partial charge in [0, 0.05) is 5.69 Å². The van der Waals surface area contributed by atoms with E-state index in [2.05, 4.69) is 10.3 Å². The number of benzene rings is 2. The summed E-state index contributed by atoms with van der Waals surface area (Å²) in [5, 5.41) is 2.73. The molecule has 1 amide bonds. The van der Waals surface area contributed by atoms with E-state index in [0.29, 0.717) is 23.1 Å². The van der Waals surface area contributed by atoms with Gasteiger partial charge in [0.05, 0.1) is 0 Å². The molecule has 0 aliphatic heterocycles. The first-order valence-corrected chi connectivity index (χ1v) is 8.43. The number of rotatable bonds is 5. The number of carbonyl (C=O) groups is 1. The Morgan fingerprint density at radius 2 is 1.62 bits per heavy atom. The van der Waals surface area contributed by atoms with E-state index >= 15 is 0 Å². The number of aromatic nitrogens is 1. The number of aryl methyl sites for hydroxylation is 2. The number of hydrogen-bond acceptors (Lipinski definition) is 4. The second-order valence-corrected chi connectivity index (χ2v) is 5.68. The summed E-state index contributed by atoms with van der Waals surface area (Å²) in [7, 11) is 0. The summed E-state index contributed by atoms with van der Waals surface area (Å²) < 4.78 is 11.2. The minimum absolute atomic E-state index is 0.330. The second kappa shape index (κ2) is 8.16. The monoisotopic (exact) mass is 348 g/mol. The van der Waals surface area contributed by atoms with Crippen molar-refractivity contribution in [3.63, 3.8) is 0 Å². The molecule has 26 heavy (non-hydrogen) atoms. The van der Waals surface area contributed by atoms with Crippen LogP contribution in [0.5, 0.6) is 17.4 Å². The lowest BCUT2D eigenvalue weighted by Gasteiger charge is -2.14. The van der Waals surface area contributed by atoms with Crippen LogP contribution >= 0.6 is 0 Å². The lowest BCUT2D eigenvalue weighted by atomic mass is 10.1. The van der Waals surface area contributed by atoms with Crippen LogP contribution in [0.3, 0.4) is 0 Å². The molecule has 0 radical (unpaired) electrons. The Kier molecular flexibility index (Phi) is 5.49. The number of ether oxygens (including phenoxy) is 2. The Balaban J connectivity index is 1.85. The van der Waals surface area contributed by atoms with Gasteiger partial charge in [0.2, 0.25) is 5.88 Å². The molecule has 3 rings (SSSR count). The van der Waals surface area contributed by atoms with Crippen LogP contribution < -0.4 is 14.8 Å². The van der Waals surface area contributed by atoms with Gasteiger partial charge in [-0.15, -0.1) is 0 Å². The summed E-state index contributed by atoms with van der Waals surface area (Å²) in [4.78, 5) is 16.8. The third-order valence-electron chi connectivity index (χ3n) is 3.81. The summed E-state index contributed by atoms with van der Waals surface area (Å²) in [6, 6.07) is 20.1. The average Bonchev–Trinajstić information content (AvgIpc) is 2.65. The van der Waals surface area contributed by atoms with Crippen molar-refractivity contribution in [3.8, 4) is 17.4 Å². The van der Waals surface area contributed by atoms with E-state index in [1.54, 1.807) is 24.3 Å². The molecule has 132 valence electrons. The zero-order valence-corrected chi connectivity index (χ0v) is 14.7. The van der Waals surface area contributed by atoms with Crippen LogP contribution in [0.2, 0.25) is 0 Å². The van der Waals surface area contributed by atoms with Crippen molar-refractivity contribution in [1.29, 1.82) is 0 Å². The number of anilines is 1. The van der Waals surface area contributed by atoms with Crippen LogP contribution in [0.1, 0.15) is 18.2 Å². The number of nitrogens with zero attached hydrogens (tertiary/aromatic N) is 1. The maximum atomic E-state index is 12.3. The fourth-order valence-corrected chi connectivity index (χ4v) is 2.48. The van der Waals surface area contributed by atoms with Crippen molar-refractivity contribution >= 4 is 11.8 Å². The molecular weight excluding hydrogens is 328 g/mol. The molecule has 0 saturated carbocycles. The van der Waals surface area contributed by atoms with Gasteiger partial charge in [-0.25, -0.2) is 9.78 Å². The lowest BCUT2D eigenvalue weighted by molar-refractivity contribution is 0.215. The number of amides is 1. The second-order valence-electron chi connectivity index (χ2n) is 5.68. The highest BCUT2D eigenvalue weighted by Crippen LogP contribution is 2.30. The molecule has 2 aromatic carbocycles. The van der Waals surface area contributed by atoms with E-state index in [1.165, 1.54) is 0 Å². The largest absolute Gasteiger partial charge is 0.437 e. The van der Waals surface area contributed by atoms with E-state index in [4.69, 9.17) is 9.47 Å². The van der Waals surface area contributed by atoms with Crippen LogP contribution in [0, 0.1) is 6.92 Å². The van der Waals surface area contributed by atoms with Crippen molar-refractivity contribution in [2.75, 3.05) is 5.32 Å². The van der Waals surface area contributed by atoms with Crippen LogP contribution in [-0.4, -0.2) is 11.1 Å². The molecule has 0 spiro atoms. The van der Waals surface area contributed by atoms with Crippen molar-refractivity contribution in [2.24, 2.45) is 0 Å². The molecule has 1 aromatic heterocycles. The number of hydrogen-bond donors (Lipinski definition) is 1. The molecule has 0 aliphatic carbocycles. The SMILES string of the molecule is CCc1cc(NC(=O)Oc2ccccc2)c(Oc2ccccc2)nc1C. The smallest absolute Gasteiger partial charge is 0.417 e. The molecule has 0 bridgehead atoms. The third kappa shape index (κ3) is 4.39. The zero-order valence-electron chi connectivity index (χ0n) is 14.7. The highest BCUT2D eigenvalue weighted by Gasteiger charge is 2.15. The molecule has 0 saturated heterocycles. The summed E-state index contributed by atoms with van der Waals surface area (Å²) in [5.41, 5.74) is 2.36. The first-order valence-electron chi connectivity index (χ1n) is 8.43. The van der Waals surface area contributed by atoms with Gasteiger partial charge in [0.1, 0.15) is 17.2 Å². The summed E-state index contributed by atoms with van der Waals surface area (Å²) in [5.74, 6) is 1.44. The topological polar surface area (TPSA) is 60.5 Å². The molecule has 3 aromatic rings. The molecule has 0 fully saturated rings. The average molecular weight is 348 g/mol. The van der Waals surface area contributed by atoms with Gasteiger partial charge < -0.3 is 9.47 Å². The van der Waals surface area contributed by atoms with Crippen molar-refractivity contribution < 1.29 is 14.3 Å². The molecule has 5 heteroatoms. The third-order valence-corrected chi connectivity index (χ3v) is 3.81. The van der Waals surface area contributed by atoms with Crippen molar-refractivity contribution in [1.82, 2.24) is 4.98 Å². The van der Waals surface area contributed by atoms with Gasteiger partial charge in [-0.1, -0.05) is 43.3 Å². The summed E-state index contributed by atoms with van der Waals surface area (Å²) >= 11 is 0. The molecule has 0 aliphatic rings. The fraction of sp³-hybridized carbons (Fsp3) is 0.143. The minimum atomic E-state index is -0.596. The van der Waals surface area contributed by atoms with Gasteiger partial charge in [-0.2, -0.15) is 0 Å². The summed E-state index contributed by atoms with van der Waals surface area (Å²) in [6.07, 6.45) is 0.203. The van der Waals surface area contributed by atoms with Gasteiger partial charge in [0.15, 0.2) is 0 Å². The fourth-order valence-electron chi connectivity index (χ4n) is 2.48. The Labute approximate surface area is 152 Å². The molecule has 1 heterocycles. The minimum Gasteiger partial charge on any atom is -0.437 e.